The predicted molar refractivity (Wildman–Crippen MR) is 73.9 cm³/mol. The van der Waals surface area contributed by atoms with Gasteiger partial charge in [-0.25, -0.2) is 4.98 Å². The minimum atomic E-state index is -0.143. The van der Waals surface area contributed by atoms with Crippen LogP contribution in [0.4, 0.5) is 0 Å². The average molecular weight is 275 g/mol. The number of fused-ring (bicyclic) bond motifs is 1. The van der Waals surface area contributed by atoms with Crippen LogP contribution in [0.5, 0.6) is 0 Å². The molecule has 0 saturated heterocycles. The number of hydrogen-bond donors (Lipinski definition) is 0. The summed E-state index contributed by atoms with van der Waals surface area (Å²) in [6.45, 7) is 1.83. The number of rotatable bonds is 1. The van der Waals surface area contributed by atoms with E-state index in [4.69, 9.17) is 11.6 Å². The quantitative estimate of drug-likeness (QED) is 0.683. The van der Waals surface area contributed by atoms with Crippen LogP contribution in [-0.4, -0.2) is 19.3 Å². The molecular weight excluding hydrogens is 264 g/mol. The first kappa shape index (κ1) is 11.9. The van der Waals surface area contributed by atoms with Gasteiger partial charge in [-0.05, 0) is 31.2 Å². The molecule has 3 rings (SSSR count). The Morgan fingerprint density at radius 2 is 1.89 bits per heavy atom. The van der Waals surface area contributed by atoms with E-state index in [0.29, 0.717) is 16.1 Å². The van der Waals surface area contributed by atoms with Gasteiger partial charge in [0.1, 0.15) is 11.8 Å². The van der Waals surface area contributed by atoms with E-state index < -0.39 is 0 Å². The number of hydrogen-bond acceptors (Lipinski definition) is 3. The number of nitrogens with zero attached hydrogens (tertiary/aromatic N) is 4. The fourth-order valence-electron chi connectivity index (χ4n) is 2.11. The summed E-state index contributed by atoms with van der Waals surface area (Å²) in [4.78, 5) is 16.8. The molecular formula is C13H11ClN4O. The van der Waals surface area contributed by atoms with Crippen molar-refractivity contribution in [3.8, 4) is 5.69 Å². The summed E-state index contributed by atoms with van der Waals surface area (Å²) in [7, 11) is 1.74. The number of benzene rings is 1. The highest BCUT2D eigenvalue weighted by molar-refractivity contribution is 6.30. The van der Waals surface area contributed by atoms with Crippen LogP contribution >= 0.6 is 11.6 Å². The van der Waals surface area contributed by atoms with Crippen LogP contribution in [0.3, 0.4) is 0 Å². The molecule has 0 N–H and O–H groups in total. The van der Waals surface area contributed by atoms with E-state index in [1.165, 1.54) is 10.9 Å². The van der Waals surface area contributed by atoms with E-state index in [1.807, 2.05) is 6.92 Å². The zero-order chi connectivity index (χ0) is 13.6. The van der Waals surface area contributed by atoms with Crippen molar-refractivity contribution in [2.75, 3.05) is 0 Å². The molecule has 0 fully saturated rings. The van der Waals surface area contributed by atoms with Crippen molar-refractivity contribution in [2.24, 2.45) is 7.05 Å². The molecule has 6 heteroatoms. The number of aromatic nitrogens is 4. The van der Waals surface area contributed by atoms with Gasteiger partial charge in [0.2, 0.25) is 0 Å². The van der Waals surface area contributed by atoms with E-state index in [0.717, 1.165) is 11.4 Å². The first-order chi connectivity index (χ1) is 9.08. The van der Waals surface area contributed by atoms with E-state index in [9.17, 15) is 4.79 Å². The second-order valence-corrected chi connectivity index (χ2v) is 4.74. The zero-order valence-electron chi connectivity index (χ0n) is 10.5. The van der Waals surface area contributed by atoms with Crippen molar-refractivity contribution in [1.29, 1.82) is 0 Å². The molecule has 0 amide bonds. The number of aryl methyl sites for hydroxylation is 2. The third-order valence-electron chi connectivity index (χ3n) is 3.02. The van der Waals surface area contributed by atoms with Crippen LogP contribution in [0, 0.1) is 6.92 Å². The van der Waals surface area contributed by atoms with Crippen LogP contribution in [0.25, 0.3) is 16.7 Å². The summed E-state index contributed by atoms with van der Waals surface area (Å²) in [6, 6.07) is 7.03. The Bertz CT molecular complexity index is 817. The Kier molecular flexibility index (Phi) is 2.64. The van der Waals surface area contributed by atoms with Crippen LogP contribution < -0.4 is 5.56 Å². The molecule has 0 aliphatic heterocycles. The third kappa shape index (κ3) is 1.82. The maximum atomic E-state index is 12.5. The highest BCUT2D eigenvalue weighted by Crippen LogP contribution is 2.14. The molecule has 2 aromatic heterocycles. The summed E-state index contributed by atoms with van der Waals surface area (Å²) in [5.41, 5.74) is 2.46. The maximum absolute atomic E-state index is 12.5. The molecule has 5 nitrogen and oxygen atoms in total. The molecule has 0 radical (unpaired) electrons. The molecule has 3 aromatic rings. The Hall–Kier alpha value is -2.14. The van der Waals surface area contributed by atoms with Gasteiger partial charge in [-0.2, -0.15) is 5.10 Å². The summed E-state index contributed by atoms with van der Waals surface area (Å²) >= 11 is 5.85. The fourth-order valence-corrected chi connectivity index (χ4v) is 2.23. The molecule has 0 atom stereocenters. The van der Waals surface area contributed by atoms with Crippen molar-refractivity contribution < 1.29 is 0 Å². The van der Waals surface area contributed by atoms with Crippen LogP contribution in [0.1, 0.15) is 5.69 Å². The molecule has 0 spiro atoms. The highest BCUT2D eigenvalue weighted by Gasteiger charge is 2.12. The van der Waals surface area contributed by atoms with Gasteiger partial charge in [0, 0.05) is 12.1 Å². The van der Waals surface area contributed by atoms with Gasteiger partial charge in [0.15, 0.2) is 5.52 Å². The Labute approximate surface area is 114 Å². The van der Waals surface area contributed by atoms with Crippen molar-refractivity contribution in [3.05, 3.63) is 51.7 Å². The van der Waals surface area contributed by atoms with Crippen molar-refractivity contribution >= 4 is 22.6 Å². The molecule has 96 valence electrons. The van der Waals surface area contributed by atoms with Crippen LogP contribution in [-0.2, 0) is 7.05 Å². The lowest BCUT2D eigenvalue weighted by Gasteiger charge is -2.05. The standard InChI is InChI=1S/C13H11ClN4O/c1-8-11-12(17(2)16-8)13(19)18(7-15-11)10-5-3-9(14)4-6-10/h3-7H,1-2H3. The zero-order valence-corrected chi connectivity index (χ0v) is 11.2. The normalized spacial score (nSPS) is 11.1. The molecule has 0 saturated carbocycles. The predicted octanol–water partition coefficient (Wildman–Crippen LogP) is 2.08. The topological polar surface area (TPSA) is 52.7 Å². The minimum Gasteiger partial charge on any atom is -0.266 e. The van der Waals surface area contributed by atoms with E-state index >= 15 is 0 Å². The monoisotopic (exact) mass is 274 g/mol. The first-order valence-corrected chi connectivity index (χ1v) is 6.12. The van der Waals surface area contributed by atoms with Crippen molar-refractivity contribution in [2.45, 2.75) is 6.92 Å². The molecule has 0 aliphatic carbocycles. The van der Waals surface area contributed by atoms with E-state index in [2.05, 4.69) is 10.1 Å². The fraction of sp³-hybridized carbons (Fsp3) is 0.154. The molecule has 2 heterocycles. The number of halogens is 1. The Balaban J connectivity index is 2.32. The van der Waals surface area contributed by atoms with Gasteiger partial charge in [-0.3, -0.25) is 14.0 Å². The van der Waals surface area contributed by atoms with E-state index in [-0.39, 0.29) is 5.56 Å². The van der Waals surface area contributed by atoms with E-state index in [1.54, 1.807) is 36.0 Å². The maximum Gasteiger partial charge on any atom is 0.284 e. The summed E-state index contributed by atoms with van der Waals surface area (Å²) in [5, 5.41) is 4.85. The Morgan fingerprint density at radius 1 is 1.21 bits per heavy atom. The average Bonchev–Trinajstić information content (AvgIpc) is 2.67. The van der Waals surface area contributed by atoms with Gasteiger partial charge >= 0.3 is 0 Å². The second-order valence-electron chi connectivity index (χ2n) is 4.30. The van der Waals surface area contributed by atoms with Crippen molar-refractivity contribution in [1.82, 2.24) is 19.3 Å². The van der Waals surface area contributed by atoms with Gasteiger partial charge in [-0.15, -0.1) is 0 Å². The van der Waals surface area contributed by atoms with Crippen molar-refractivity contribution in [3.63, 3.8) is 0 Å². The third-order valence-corrected chi connectivity index (χ3v) is 3.27. The second kappa shape index (κ2) is 4.20. The Morgan fingerprint density at radius 3 is 2.58 bits per heavy atom. The smallest absolute Gasteiger partial charge is 0.266 e. The lowest BCUT2D eigenvalue weighted by molar-refractivity contribution is 0.775. The lowest BCUT2D eigenvalue weighted by Crippen LogP contribution is -2.20. The summed E-state index contributed by atoms with van der Waals surface area (Å²) in [5.74, 6) is 0. The van der Waals surface area contributed by atoms with Gasteiger partial charge in [-0.1, -0.05) is 11.6 Å². The van der Waals surface area contributed by atoms with Crippen LogP contribution in [0.15, 0.2) is 35.4 Å². The molecule has 19 heavy (non-hydrogen) atoms. The molecule has 0 unspecified atom stereocenters. The van der Waals surface area contributed by atoms with Gasteiger partial charge in [0.25, 0.3) is 5.56 Å². The lowest BCUT2D eigenvalue weighted by atomic mass is 10.3. The van der Waals surface area contributed by atoms with Gasteiger partial charge in [0.05, 0.1) is 11.4 Å². The SMILES string of the molecule is Cc1nn(C)c2c(=O)n(-c3ccc(Cl)cc3)cnc12. The van der Waals surface area contributed by atoms with Crippen LogP contribution in [0.2, 0.25) is 5.02 Å². The minimum absolute atomic E-state index is 0.143. The summed E-state index contributed by atoms with van der Waals surface area (Å²) in [6.07, 6.45) is 1.52. The molecule has 0 bridgehead atoms. The molecule has 1 aromatic carbocycles. The summed E-state index contributed by atoms with van der Waals surface area (Å²) < 4.78 is 3.05. The van der Waals surface area contributed by atoms with Gasteiger partial charge < -0.3 is 0 Å². The molecule has 0 aliphatic rings. The largest absolute Gasteiger partial charge is 0.284 e. The highest BCUT2D eigenvalue weighted by atomic mass is 35.5. The first-order valence-electron chi connectivity index (χ1n) is 5.75.